The number of amides is 1. The summed E-state index contributed by atoms with van der Waals surface area (Å²) in [6, 6.07) is 15.9. The molecule has 0 unspecified atom stereocenters. The van der Waals surface area contributed by atoms with Crippen molar-refractivity contribution in [1.29, 1.82) is 0 Å². The van der Waals surface area contributed by atoms with Crippen LogP contribution >= 0.6 is 0 Å². The Bertz CT molecular complexity index is 1150. The fourth-order valence-corrected chi connectivity index (χ4v) is 3.81. The van der Waals surface area contributed by atoms with Gasteiger partial charge in [-0.05, 0) is 35.4 Å². The highest BCUT2D eigenvalue weighted by Gasteiger charge is 2.33. The number of ether oxygens (including phenoxy) is 3. The van der Waals surface area contributed by atoms with Gasteiger partial charge in [0.05, 0.1) is 12.4 Å². The van der Waals surface area contributed by atoms with Crippen LogP contribution in [0.2, 0.25) is 0 Å². The van der Waals surface area contributed by atoms with E-state index in [4.69, 9.17) is 19.9 Å². The number of rotatable bonds is 8. The molecule has 3 aromatic rings. The Morgan fingerprint density at radius 2 is 1.38 bits per heavy atom. The summed E-state index contributed by atoms with van der Waals surface area (Å²) in [5.41, 5.74) is 7.07. The highest BCUT2D eigenvalue weighted by atomic mass is 16.6. The summed E-state index contributed by atoms with van der Waals surface area (Å²) in [4.78, 5) is 30.1. The van der Waals surface area contributed by atoms with Crippen molar-refractivity contribution in [3.63, 3.8) is 0 Å². The normalized spacial score (nSPS) is 17.4. The fourth-order valence-electron chi connectivity index (χ4n) is 3.81. The van der Waals surface area contributed by atoms with Crippen molar-refractivity contribution in [3.05, 3.63) is 77.9 Å². The average molecular weight is 462 g/mol. The Hall–Kier alpha value is -3.94. The van der Waals surface area contributed by atoms with Gasteiger partial charge in [0.25, 0.3) is 0 Å². The number of benzene rings is 2. The summed E-state index contributed by atoms with van der Waals surface area (Å²) in [6.45, 7) is 5.74. The van der Waals surface area contributed by atoms with E-state index in [1.807, 2.05) is 36.4 Å². The van der Waals surface area contributed by atoms with Gasteiger partial charge >= 0.3 is 6.09 Å². The Kier molecular flexibility index (Phi) is 6.49. The second-order valence-corrected chi connectivity index (χ2v) is 8.84. The third kappa shape index (κ3) is 5.33. The molecule has 0 aliphatic heterocycles. The van der Waals surface area contributed by atoms with E-state index in [9.17, 15) is 9.59 Å². The molecule has 0 atom stereocenters. The van der Waals surface area contributed by atoms with Gasteiger partial charge in [0, 0.05) is 25.2 Å². The third-order valence-corrected chi connectivity index (χ3v) is 5.97. The first-order valence-electron chi connectivity index (χ1n) is 11.1. The minimum atomic E-state index is -0.744. The Morgan fingerprint density at radius 1 is 0.853 bits per heavy atom. The zero-order valence-electron chi connectivity index (χ0n) is 19.4. The molecule has 0 bridgehead atoms. The van der Waals surface area contributed by atoms with E-state index < -0.39 is 6.09 Å². The number of nitrogens with zero attached hydrogens (tertiary/aromatic N) is 2. The average Bonchev–Trinajstić information content (AvgIpc) is 2.78. The SMILES string of the molecule is CC(=O)c1ncc(Oc2ccc(C(C)(C)c3ccc(OC4CC(OC(N)=O)C4)cc3)cc2)cn1. The molecule has 8 nitrogen and oxygen atoms in total. The van der Waals surface area contributed by atoms with Crippen LogP contribution in [0.15, 0.2) is 60.9 Å². The molecule has 34 heavy (non-hydrogen) atoms. The van der Waals surface area contributed by atoms with Crippen molar-refractivity contribution in [2.75, 3.05) is 0 Å². The van der Waals surface area contributed by atoms with Gasteiger partial charge in [-0.15, -0.1) is 0 Å². The number of primary amides is 1. The molecule has 0 saturated heterocycles. The van der Waals surface area contributed by atoms with Crippen LogP contribution in [0, 0.1) is 0 Å². The minimum Gasteiger partial charge on any atom is -0.490 e. The Balaban J connectivity index is 1.36. The van der Waals surface area contributed by atoms with E-state index in [-0.39, 0.29) is 29.2 Å². The van der Waals surface area contributed by atoms with E-state index in [1.165, 1.54) is 19.3 Å². The highest BCUT2D eigenvalue weighted by Crippen LogP contribution is 2.35. The molecule has 176 valence electrons. The number of hydrogen-bond donors (Lipinski definition) is 1. The van der Waals surface area contributed by atoms with Crippen LogP contribution in [-0.4, -0.2) is 34.1 Å². The molecule has 1 aliphatic rings. The predicted molar refractivity (Wildman–Crippen MR) is 125 cm³/mol. The standard InChI is InChI=1S/C26H27N3O5/c1-16(30)24-28-14-23(15-29-24)33-20-10-6-18(7-11-20)26(2,3)17-4-8-19(9-5-17)32-21-12-22(13-21)34-25(27)31/h4-11,14-15,21-22H,12-13H2,1-3H3,(H2,27,31). The lowest BCUT2D eigenvalue weighted by Crippen LogP contribution is -2.41. The molecule has 1 heterocycles. The number of carbonyl (C=O) groups is 2. The van der Waals surface area contributed by atoms with E-state index in [0.29, 0.717) is 24.3 Å². The van der Waals surface area contributed by atoms with Gasteiger partial charge in [-0.3, -0.25) is 4.79 Å². The molecule has 2 N–H and O–H groups in total. The lowest BCUT2D eigenvalue weighted by Gasteiger charge is -2.34. The van der Waals surface area contributed by atoms with Gasteiger partial charge in [0.15, 0.2) is 17.4 Å². The van der Waals surface area contributed by atoms with Crippen molar-refractivity contribution in [2.24, 2.45) is 5.73 Å². The van der Waals surface area contributed by atoms with E-state index in [2.05, 4.69) is 35.9 Å². The zero-order valence-corrected chi connectivity index (χ0v) is 19.4. The van der Waals surface area contributed by atoms with Crippen molar-refractivity contribution in [1.82, 2.24) is 9.97 Å². The largest absolute Gasteiger partial charge is 0.490 e. The molecule has 1 aliphatic carbocycles. The van der Waals surface area contributed by atoms with Gasteiger partial charge < -0.3 is 19.9 Å². The number of hydrogen-bond acceptors (Lipinski definition) is 7. The van der Waals surface area contributed by atoms with Crippen LogP contribution in [0.1, 0.15) is 55.4 Å². The quantitative estimate of drug-likeness (QED) is 0.479. The maximum atomic E-state index is 11.3. The van der Waals surface area contributed by atoms with Crippen LogP contribution in [0.4, 0.5) is 4.79 Å². The molecule has 8 heteroatoms. The van der Waals surface area contributed by atoms with Crippen molar-refractivity contribution in [2.45, 2.75) is 51.2 Å². The highest BCUT2D eigenvalue weighted by molar-refractivity contribution is 5.90. The number of carbonyl (C=O) groups excluding carboxylic acids is 2. The van der Waals surface area contributed by atoms with Gasteiger partial charge in [-0.1, -0.05) is 38.1 Å². The molecule has 1 saturated carbocycles. The molecule has 2 aromatic carbocycles. The third-order valence-electron chi connectivity index (χ3n) is 5.97. The second kappa shape index (κ2) is 9.51. The van der Waals surface area contributed by atoms with E-state index >= 15 is 0 Å². The molecule has 1 amide bonds. The van der Waals surface area contributed by atoms with Crippen LogP contribution in [0.25, 0.3) is 0 Å². The summed E-state index contributed by atoms with van der Waals surface area (Å²) < 4.78 is 16.7. The number of ketones is 1. The van der Waals surface area contributed by atoms with Crippen molar-refractivity contribution in [3.8, 4) is 17.2 Å². The molecule has 1 fully saturated rings. The monoisotopic (exact) mass is 461 g/mol. The van der Waals surface area contributed by atoms with Crippen molar-refractivity contribution >= 4 is 11.9 Å². The molecular formula is C26H27N3O5. The van der Waals surface area contributed by atoms with E-state index in [0.717, 1.165) is 16.9 Å². The van der Waals surface area contributed by atoms with Crippen LogP contribution in [-0.2, 0) is 10.2 Å². The fraction of sp³-hybridized carbons (Fsp3) is 0.308. The molecule has 0 spiro atoms. The van der Waals surface area contributed by atoms with Crippen LogP contribution < -0.4 is 15.2 Å². The number of aromatic nitrogens is 2. The smallest absolute Gasteiger partial charge is 0.404 e. The second-order valence-electron chi connectivity index (χ2n) is 8.84. The maximum absolute atomic E-state index is 11.3. The molecule has 4 rings (SSSR count). The summed E-state index contributed by atoms with van der Waals surface area (Å²) in [5, 5.41) is 0. The number of Topliss-reactive ketones (excluding diaryl/α,β-unsaturated/α-hetero) is 1. The van der Waals surface area contributed by atoms with Gasteiger partial charge in [-0.25, -0.2) is 14.8 Å². The number of nitrogens with two attached hydrogens (primary N) is 1. The van der Waals surface area contributed by atoms with E-state index in [1.54, 1.807) is 0 Å². The van der Waals surface area contributed by atoms with Gasteiger partial charge in [0.2, 0.25) is 0 Å². The van der Waals surface area contributed by atoms with Gasteiger partial charge in [0.1, 0.15) is 23.7 Å². The van der Waals surface area contributed by atoms with Crippen LogP contribution in [0.3, 0.4) is 0 Å². The topological polar surface area (TPSA) is 114 Å². The summed E-state index contributed by atoms with van der Waals surface area (Å²) in [5.74, 6) is 1.87. The first-order valence-corrected chi connectivity index (χ1v) is 11.1. The van der Waals surface area contributed by atoms with Gasteiger partial charge in [-0.2, -0.15) is 0 Å². The molecular weight excluding hydrogens is 434 g/mol. The Morgan fingerprint density at radius 3 is 1.88 bits per heavy atom. The zero-order chi connectivity index (χ0) is 24.3. The summed E-state index contributed by atoms with van der Waals surface area (Å²) in [6.07, 6.45) is 3.40. The molecule has 1 aromatic heterocycles. The summed E-state index contributed by atoms with van der Waals surface area (Å²) >= 11 is 0. The minimum absolute atomic E-state index is 0.0276. The van der Waals surface area contributed by atoms with Crippen LogP contribution in [0.5, 0.6) is 17.2 Å². The lowest BCUT2D eigenvalue weighted by molar-refractivity contribution is -0.0197. The first kappa shape index (κ1) is 23.2. The van der Waals surface area contributed by atoms with Crippen molar-refractivity contribution < 1.29 is 23.8 Å². The predicted octanol–water partition coefficient (Wildman–Crippen LogP) is 4.80. The first-order chi connectivity index (χ1) is 16.2. The molecule has 0 radical (unpaired) electrons. The summed E-state index contributed by atoms with van der Waals surface area (Å²) in [7, 11) is 0. The lowest BCUT2D eigenvalue weighted by atomic mass is 9.78. The Labute approximate surface area is 198 Å². The maximum Gasteiger partial charge on any atom is 0.404 e.